The summed E-state index contributed by atoms with van der Waals surface area (Å²) in [6.45, 7) is 2.78. The molecule has 0 aliphatic carbocycles. The highest BCUT2D eigenvalue weighted by molar-refractivity contribution is 6.35. The molecule has 0 N–H and O–H groups in total. The number of benzene rings is 3. The van der Waals surface area contributed by atoms with E-state index in [0.717, 1.165) is 45.8 Å². The number of para-hydroxylation sites is 1. The topological polar surface area (TPSA) is 73.8 Å². The van der Waals surface area contributed by atoms with Crippen molar-refractivity contribution in [1.29, 1.82) is 0 Å². The summed E-state index contributed by atoms with van der Waals surface area (Å²) in [7, 11) is 0. The minimum atomic E-state index is -0.457. The molecule has 4 aromatic rings. The van der Waals surface area contributed by atoms with Gasteiger partial charge in [0.25, 0.3) is 5.91 Å². The lowest BCUT2D eigenvalue weighted by Crippen LogP contribution is -2.54. The Kier molecular flexibility index (Phi) is 6.04. The van der Waals surface area contributed by atoms with Gasteiger partial charge in [0, 0.05) is 50.2 Å². The number of carbonyl (C=O) groups excluding carboxylic acids is 3. The van der Waals surface area contributed by atoms with Crippen LogP contribution in [0.15, 0.2) is 72.8 Å². The molecule has 37 heavy (non-hydrogen) atoms. The molecule has 3 aromatic carbocycles. The lowest BCUT2D eigenvalue weighted by atomic mass is 9.98. The minimum Gasteiger partial charge on any atom is -0.335 e. The Labute approximate surface area is 215 Å². The second-order valence-electron chi connectivity index (χ2n) is 9.68. The number of aromatic nitrogens is 1. The largest absolute Gasteiger partial charge is 0.335 e. The van der Waals surface area contributed by atoms with Gasteiger partial charge in [-0.05, 0) is 35.7 Å². The molecule has 6 rings (SSSR count). The molecular weight excluding hydrogens is 464 g/mol. The third-order valence-electron chi connectivity index (χ3n) is 7.44. The lowest BCUT2D eigenvalue weighted by molar-refractivity contribution is -0.152. The van der Waals surface area contributed by atoms with E-state index in [-0.39, 0.29) is 5.91 Å². The van der Waals surface area contributed by atoms with E-state index in [1.807, 2.05) is 54.6 Å². The fourth-order valence-electron chi connectivity index (χ4n) is 5.41. The van der Waals surface area contributed by atoms with E-state index >= 15 is 0 Å². The van der Waals surface area contributed by atoms with Gasteiger partial charge in [0.1, 0.15) is 0 Å². The number of nitrogens with zero attached hydrogens (tertiary/aromatic N) is 4. The summed E-state index contributed by atoms with van der Waals surface area (Å²) in [6.07, 6.45) is 1.89. The molecule has 2 aliphatic heterocycles. The van der Waals surface area contributed by atoms with E-state index in [9.17, 15) is 14.4 Å². The summed E-state index contributed by atoms with van der Waals surface area (Å²) < 4.78 is 0. The summed E-state index contributed by atoms with van der Waals surface area (Å²) in [4.78, 5) is 49.0. The molecule has 0 saturated carbocycles. The van der Waals surface area contributed by atoms with Gasteiger partial charge in [-0.1, -0.05) is 60.7 Å². The highest BCUT2D eigenvalue weighted by Gasteiger charge is 2.32. The van der Waals surface area contributed by atoms with Crippen LogP contribution in [-0.2, 0) is 9.59 Å². The van der Waals surface area contributed by atoms with Gasteiger partial charge in [-0.3, -0.25) is 14.4 Å². The summed E-state index contributed by atoms with van der Waals surface area (Å²) in [5.41, 5.74) is 3.10. The highest BCUT2D eigenvalue weighted by Crippen LogP contribution is 2.31. The zero-order chi connectivity index (χ0) is 25.4. The maximum absolute atomic E-state index is 13.8. The number of carbonyl (C=O) groups is 3. The van der Waals surface area contributed by atoms with Crippen molar-refractivity contribution in [2.24, 2.45) is 0 Å². The zero-order valence-corrected chi connectivity index (χ0v) is 20.6. The van der Waals surface area contributed by atoms with Crippen LogP contribution < -0.4 is 0 Å². The standard InChI is InChI=1S/C30H28N4O3/c35-28(33-16-18-34(19-17-33)30(37)29(36)32-14-5-6-15-32)25-20-27(31-26-13-4-3-11-24(25)26)23-12-7-9-21-8-1-2-10-22(21)23/h1-4,7-13,20H,5-6,14-19H2. The van der Waals surface area contributed by atoms with Gasteiger partial charge in [0.15, 0.2) is 0 Å². The van der Waals surface area contributed by atoms with Gasteiger partial charge in [-0.2, -0.15) is 0 Å². The highest BCUT2D eigenvalue weighted by atomic mass is 16.2. The maximum atomic E-state index is 13.8. The van der Waals surface area contributed by atoms with E-state index in [1.165, 1.54) is 0 Å². The first-order valence-electron chi connectivity index (χ1n) is 12.9. The average molecular weight is 493 g/mol. The van der Waals surface area contributed by atoms with Crippen LogP contribution in [0.3, 0.4) is 0 Å². The van der Waals surface area contributed by atoms with Crippen molar-refractivity contribution >= 4 is 39.4 Å². The van der Waals surface area contributed by atoms with Crippen LogP contribution in [-0.4, -0.2) is 76.7 Å². The van der Waals surface area contributed by atoms with Crippen LogP contribution in [0.4, 0.5) is 0 Å². The molecule has 3 amide bonds. The molecule has 0 spiro atoms. The molecule has 7 heteroatoms. The average Bonchev–Trinajstić information content (AvgIpc) is 3.50. The Morgan fingerprint density at radius 2 is 1.22 bits per heavy atom. The van der Waals surface area contributed by atoms with Crippen molar-refractivity contribution in [3.8, 4) is 11.3 Å². The van der Waals surface area contributed by atoms with E-state index < -0.39 is 11.8 Å². The SMILES string of the molecule is O=C(C(=O)N1CCN(C(=O)c2cc(-c3cccc4ccccc34)nc3ccccc23)CC1)N1CCCC1. The number of hydrogen-bond donors (Lipinski definition) is 0. The monoisotopic (exact) mass is 492 g/mol. The minimum absolute atomic E-state index is 0.0851. The van der Waals surface area contributed by atoms with Crippen molar-refractivity contribution in [3.05, 3.63) is 78.4 Å². The van der Waals surface area contributed by atoms with Crippen LogP contribution in [0.25, 0.3) is 32.9 Å². The summed E-state index contributed by atoms with van der Waals surface area (Å²) in [5.74, 6) is -0.961. The Hall–Kier alpha value is -4.26. The van der Waals surface area contributed by atoms with Crippen molar-refractivity contribution in [3.63, 3.8) is 0 Å². The third kappa shape index (κ3) is 4.31. The first kappa shape index (κ1) is 23.2. The normalized spacial score (nSPS) is 15.9. The molecule has 0 bridgehead atoms. The number of amides is 3. The Bertz CT molecular complexity index is 1510. The number of pyridine rings is 1. The smallest absolute Gasteiger partial charge is 0.312 e. The molecule has 3 heterocycles. The molecule has 186 valence electrons. The van der Waals surface area contributed by atoms with E-state index in [0.29, 0.717) is 44.8 Å². The summed E-state index contributed by atoms with van der Waals surface area (Å²) in [6, 6.07) is 23.9. The molecule has 2 fully saturated rings. The third-order valence-corrected chi connectivity index (χ3v) is 7.44. The summed E-state index contributed by atoms with van der Waals surface area (Å²) in [5, 5.41) is 3.01. The van der Waals surface area contributed by atoms with Crippen molar-refractivity contribution in [2.75, 3.05) is 39.3 Å². The predicted octanol–water partition coefficient (Wildman–Crippen LogP) is 3.96. The fourth-order valence-corrected chi connectivity index (χ4v) is 5.41. The zero-order valence-electron chi connectivity index (χ0n) is 20.6. The van der Waals surface area contributed by atoms with Crippen molar-refractivity contribution < 1.29 is 14.4 Å². The Morgan fingerprint density at radius 1 is 0.622 bits per heavy atom. The van der Waals surface area contributed by atoms with Gasteiger partial charge >= 0.3 is 11.8 Å². The summed E-state index contributed by atoms with van der Waals surface area (Å²) >= 11 is 0. The molecule has 2 saturated heterocycles. The molecule has 7 nitrogen and oxygen atoms in total. The van der Waals surface area contributed by atoms with Gasteiger partial charge in [-0.15, -0.1) is 0 Å². The molecule has 0 unspecified atom stereocenters. The number of rotatable bonds is 2. The van der Waals surface area contributed by atoms with Crippen LogP contribution in [0, 0.1) is 0 Å². The fraction of sp³-hybridized carbons (Fsp3) is 0.267. The Morgan fingerprint density at radius 3 is 1.97 bits per heavy atom. The van der Waals surface area contributed by atoms with E-state index in [2.05, 4.69) is 18.2 Å². The first-order valence-corrected chi connectivity index (χ1v) is 12.9. The molecule has 0 radical (unpaired) electrons. The van der Waals surface area contributed by atoms with E-state index in [4.69, 9.17) is 4.98 Å². The Balaban J connectivity index is 1.28. The maximum Gasteiger partial charge on any atom is 0.312 e. The van der Waals surface area contributed by atoms with Crippen LogP contribution >= 0.6 is 0 Å². The second-order valence-corrected chi connectivity index (χ2v) is 9.68. The van der Waals surface area contributed by atoms with Gasteiger partial charge in [-0.25, -0.2) is 4.98 Å². The first-order chi connectivity index (χ1) is 18.1. The van der Waals surface area contributed by atoms with Gasteiger partial charge in [0.05, 0.1) is 16.8 Å². The van der Waals surface area contributed by atoms with Crippen LogP contribution in [0.2, 0.25) is 0 Å². The van der Waals surface area contributed by atoms with Crippen LogP contribution in [0.5, 0.6) is 0 Å². The molecule has 0 atom stereocenters. The molecular formula is C30H28N4O3. The van der Waals surface area contributed by atoms with Crippen molar-refractivity contribution in [1.82, 2.24) is 19.7 Å². The number of hydrogen-bond acceptors (Lipinski definition) is 4. The molecule has 1 aromatic heterocycles. The van der Waals surface area contributed by atoms with Gasteiger partial charge < -0.3 is 14.7 Å². The predicted molar refractivity (Wildman–Crippen MR) is 143 cm³/mol. The number of likely N-dealkylation sites (tertiary alicyclic amines) is 1. The quantitative estimate of drug-likeness (QED) is 0.397. The number of fused-ring (bicyclic) bond motifs is 2. The number of piperazine rings is 1. The van der Waals surface area contributed by atoms with Crippen LogP contribution in [0.1, 0.15) is 23.2 Å². The van der Waals surface area contributed by atoms with Gasteiger partial charge in [0.2, 0.25) is 0 Å². The second kappa shape index (κ2) is 9.65. The lowest BCUT2D eigenvalue weighted by Gasteiger charge is -2.35. The van der Waals surface area contributed by atoms with Crippen molar-refractivity contribution in [2.45, 2.75) is 12.8 Å². The van der Waals surface area contributed by atoms with E-state index in [1.54, 1.807) is 14.7 Å². The molecule has 2 aliphatic rings.